The topological polar surface area (TPSA) is 101 Å². The van der Waals surface area contributed by atoms with Crippen molar-refractivity contribution in [1.29, 1.82) is 0 Å². The number of carbonyl (C=O) groups excluding carboxylic acids is 1. The van der Waals surface area contributed by atoms with E-state index in [4.69, 9.17) is 5.73 Å². The molecule has 0 heterocycles. The summed E-state index contributed by atoms with van der Waals surface area (Å²) in [4.78, 5) is 11.8. The van der Waals surface area contributed by atoms with Crippen molar-refractivity contribution in [2.24, 2.45) is 5.73 Å². The van der Waals surface area contributed by atoms with Crippen molar-refractivity contribution in [3.8, 4) is 0 Å². The van der Waals surface area contributed by atoms with Crippen molar-refractivity contribution in [2.45, 2.75) is 31.2 Å². The Kier molecular flexibility index (Phi) is 4.01. The largest absolute Gasteiger partial charge is 0.326 e. The van der Waals surface area contributed by atoms with Gasteiger partial charge in [-0.05, 0) is 43.5 Å². The summed E-state index contributed by atoms with van der Waals surface area (Å²) in [5, 5.41) is 2.76. The SMILES string of the molecule is CS(=O)(=O)Nc1ccc(NC(=O)CC2(N)CCC2)cc1. The highest BCUT2D eigenvalue weighted by atomic mass is 32.2. The van der Waals surface area contributed by atoms with E-state index in [-0.39, 0.29) is 11.4 Å². The first-order valence-corrected chi connectivity index (χ1v) is 8.32. The summed E-state index contributed by atoms with van der Waals surface area (Å²) in [7, 11) is -3.29. The second kappa shape index (κ2) is 5.41. The lowest BCUT2D eigenvalue weighted by atomic mass is 9.75. The van der Waals surface area contributed by atoms with Crippen LogP contribution in [0.3, 0.4) is 0 Å². The zero-order valence-electron chi connectivity index (χ0n) is 11.3. The Balaban J connectivity index is 1.91. The molecule has 0 aromatic heterocycles. The molecule has 1 aliphatic carbocycles. The van der Waals surface area contributed by atoms with E-state index in [1.807, 2.05) is 0 Å². The van der Waals surface area contributed by atoms with Crippen molar-refractivity contribution in [3.63, 3.8) is 0 Å². The first-order valence-electron chi connectivity index (χ1n) is 6.42. The van der Waals surface area contributed by atoms with Crippen LogP contribution in [0.1, 0.15) is 25.7 Å². The molecule has 20 heavy (non-hydrogen) atoms. The van der Waals surface area contributed by atoms with Gasteiger partial charge in [-0.2, -0.15) is 0 Å². The second-order valence-electron chi connectivity index (χ2n) is 5.39. The number of benzene rings is 1. The lowest BCUT2D eigenvalue weighted by molar-refractivity contribution is -0.118. The average Bonchev–Trinajstić information content (AvgIpc) is 2.27. The van der Waals surface area contributed by atoms with E-state index in [0.717, 1.165) is 25.5 Å². The number of carbonyl (C=O) groups is 1. The first kappa shape index (κ1) is 14.8. The summed E-state index contributed by atoms with van der Waals surface area (Å²) in [5.41, 5.74) is 6.75. The Morgan fingerprint density at radius 1 is 1.25 bits per heavy atom. The monoisotopic (exact) mass is 297 g/mol. The molecule has 1 saturated carbocycles. The summed E-state index contributed by atoms with van der Waals surface area (Å²) in [5.74, 6) is -0.115. The van der Waals surface area contributed by atoms with E-state index in [1.54, 1.807) is 24.3 Å². The average molecular weight is 297 g/mol. The summed E-state index contributed by atoms with van der Waals surface area (Å²) in [6.45, 7) is 0. The van der Waals surface area contributed by atoms with Crippen LogP contribution in [0.25, 0.3) is 0 Å². The lowest BCUT2D eigenvalue weighted by Crippen LogP contribution is -2.48. The van der Waals surface area contributed by atoms with Crippen molar-refractivity contribution in [2.75, 3.05) is 16.3 Å². The van der Waals surface area contributed by atoms with Gasteiger partial charge in [0.05, 0.1) is 6.26 Å². The third-order valence-corrected chi connectivity index (χ3v) is 3.94. The third-order valence-electron chi connectivity index (χ3n) is 3.33. The van der Waals surface area contributed by atoms with Gasteiger partial charge in [0.2, 0.25) is 15.9 Å². The quantitative estimate of drug-likeness (QED) is 0.761. The molecule has 1 aromatic rings. The Morgan fingerprint density at radius 2 is 1.80 bits per heavy atom. The fourth-order valence-electron chi connectivity index (χ4n) is 2.17. The number of sulfonamides is 1. The second-order valence-corrected chi connectivity index (χ2v) is 7.14. The zero-order valence-corrected chi connectivity index (χ0v) is 12.2. The molecule has 0 unspecified atom stereocenters. The maximum absolute atomic E-state index is 11.8. The van der Waals surface area contributed by atoms with E-state index < -0.39 is 10.0 Å². The maximum Gasteiger partial charge on any atom is 0.229 e. The molecule has 7 heteroatoms. The van der Waals surface area contributed by atoms with Crippen LogP contribution in [-0.4, -0.2) is 26.1 Å². The standard InChI is InChI=1S/C13H19N3O3S/c1-20(18,19)16-11-5-3-10(4-6-11)15-12(17)9-13(14)7-2-8-13/h3-6,16H,2,7-9,14H2,1H3,(H,15,17). The Labute approximate surface area is 118 Å². The van der Waals surface area contributed by atoms with E-state index >= 15 is 0 Å². The van der Waals surface area contributed by atoms with Crippen LogP contribution in [0.5, 0.6) is 0 Å². The fraction of sp³-hybridized carbons (Fsp3) is 0.462. The van der Waals surface area contributed by atoms with Gasteiger partial charge < -0.3 is 11.1 Å². The van der Waals surface area contributed by atoms with E-state index in [9.17, 15) is 13.2 Å². The van der Waals surface area contributed by atoms with Crippen LogP contribution in [0.4, 0.5) is 11.4 Å². The molecule has 0 saturated heterocycles. The molecule has 0 radical (unpaired) electrons. The van der Waals surface area contributed by atoms with E-state index in [1.165, 1.54) is 0 Å². The molecule has 1 amide bonds. The van der Waals surface area contributed by atoms with Crippen molar-refractivity contribution in [1.82, 2.24) is 0 Å². The summed E-state index contributed by atoms with van der Waals surface area (Å²) < 4.78 is 24.5. The predicted molar refractivity (Wildman–Crippen MR) is 78.9 cm³/mol. The Bertz CT molecular complexity index is 592. The molecule has 6 nitrogen and oxygen atoms in total. The highest BCUT2D eigenvalue weighted by Crippen LogP contribution is 2.32. The van der Waals surface area contributed by atoms with Gasteiger partial charge in [-0.15, -0.1) is 0 Å². The van der Waals surface area contributed by atoms with Crippen LogP contribution in [0.2, 0.25) is 0 Å². The molecular weight excluding hydrogens is 278 g/mol. The van der Waals surface area contributed by atoms with Gasteiger partial charge in [0, 0.05) is 23.3 Å². The van der Waals surface area contributed by atoms with Crippen LogP contribution >= 0.6 is 0 Å². The number of amides is 1. The molecule has 110 valence electrons. The van der Waals surface area contributed by atoms with Gasteiger partial charge in [0.15, 0.2) is 0 Å². The molecular formula is C13H19N3O3S. The van der Waals surface area contributed by atoms with Gasteiger partial charge in [-0.1, -0.05) is 0 Å². The molecule has 4 N–H and O–H groups in total. The van der Waals surface area contributed by atoms with Gasteiger partial charge in [0.25, 0.3) is 0 Å². The highest BCUT2D eigenvalue weighted by molar-refractivity contribution is 7.92. The maximum atomic E-state index is 11.8. The summed E-state index contributed by atoms with van der Waals surface area (Å²) in [6.07, 6.45) is 4.25. The zero-order chi connectivity index (χ0) is 14.8. The van der Waals surface area contributed by atoms with Gasteiger partial charge >= 0.3 is 0 Å². The van der Waals surface area contributed by atoms with Crippen molar-refractivity contribution in [3.05, 3.63) is 24.3 Å². The molecule has 1 aliphatic rings. The molecule has 0 aliphatic heterocycles. The number of rotatable bonds is 5. The number of anilines is 2. The van der Waals surface area contributed by atoms with Crippen LogP contribution in [-0.2, 0) is 14.8 Å². The Hall–Kier alpha value is -1.60. The molecule has 0 atom stereocenters. The molecule has 1 fully saturated rings. The molecule has 1 aromatic carbocycles. The minimum Gasteiger partial charge on any atom is -0.326 e. The third kappa shape index (κ3) is 4.21. The van der Waals surface area contributed by atoms with E-state index in [0.29, 0.717) is 17.8 Å². The van der Waals surface area contributed by atoms with E-state index in [2.05, 4.69) is 10.0 Å². The number of hydrogen-bond donors (Lipinski definition) is 3. The summed E-state index contributed by atoms with van der Waals surface area (Å²) >= 11 is 0. The van der Waals surface area contributed by atoms with Crippen LogP contribution in [0.15, 0.2) is 24.3 Å². The fourth-order valence-corrected chi connectivity index (χ4v) is 2.73. The first-order chi connectivity index (χ1) is 9.26. The highest BCUT2D eigenvalue weighted by Gasteiger charge is 2.34. The van der Waals surface area contributed by atoms with Crippen molar-refractivity contribution < 1.29 is 13.2 Å². The number of nitrogens with one attached hydrogen (secondary N) is 2. The summed E-state index contributed by atoms with van der Waals surface area (Å²) in [6, 6.07) is 6.49. The normalized spacial score (nSPS) is 17.1. The Morgan fingerprint density at radius 3 is 2.25 bits per heavy atom. The molecule has 2 rings (SSSR count). The number of nitrogens with two attached hydrogens (primary N) is 1. The van der Waals surface area contributed by atoms with Crippen molar-refractivity contribution >= 4 is 27.3 Å². The molecule has 0 bridgehead atoms. The molecule has 0 spiro atoms. The minimum absolute atomic E-state index is 0.115. The van der Waals surface area contributed by atoms with Gasteiger partial charge in [-0.25, -0.2) is 8.42 Å². The number of hydrogen-bond acceptors (Lipinski definition) is 4. The van der Waals surface area contributed by atoms with Gasteiger partial charge in [-0.3, -0.25) is 9.52 Å². The van der Waals surface area contributed by atoms with Crippen LogP contribution in [0, 0.1) is 0 Å². The lowest BCUT2D eigenvalue weighted by Gasteiger charge is -2.37. The van der Waals surface area contributed by atoms with Crippen LogP contribution < -0.4 is 15.8 Å². The minimum atomic E-state index is -3.29. The predicted octanol–water partition coefficient (Wildman–Crippen LogP) is 1.27. The van der Waals surface area contributed by atoms with Gasteiger partial charge in [0.1, 0.15) is 0 Å². The smallest absolute Gasteiger partial charge is 0.229 e.